The normalized spacial score (nSPS) is 12.8. The number of nitrogens with one attached hydrogen (secondary N) is 1. The molecule has 1 amide bonds. The van der Waals surface area contributed by atoms with Crippen LogP contribution in [0, 0.1) is 0 Å². The Morgan fingerprint density at radius 2 is 0.655 bits per heavy atom. The van der Waals surface area contributed by atoms with Gasteiger partial charge in [0, 0.05) is 6.42 Å². The molecular weight excluding hydrogens is 711 g/mol. The molecule has 346 valence electrons. The molecule has 0 heterocycles. The average Bonchev–Trinajstić information content (AvgIpc) is 3.23. The van der Waals surface area contributed by atoms with Crippen molar-refractivity contribution < 1.29 is 15.0 Å². The lowest BCUT2D eigenvalue weighted by Crippen LogP contribution is -2.45. The summed E-state index contributed by atoms with van der Waals surface area (Å²) in [6.45, 7) is 4.39. The van der Waals surface area contributed by atoms with Gasteiger partial charge in [-0.2, -0.15) is 0 Å². The fourth-order valence-corrected chi connectivity index (χ4v) is 8.65. The van der Waals surface area contributed by atoms with Crippen molar-refractivity contribution in [3.63, 3.8) is 0 Å². The second-order valence-corrected chi connectivity index (χ2v) is 18.7. The topological polar surface area (TPSA) is 69.6 Å². The van der Waals surface area contributed by atoms with Crippen LogP contribution in [0.2, 0.25) is 0 Å². The number of unbranched alkanes of at least 4 members (excludes halogenated alkanes) is 41. The van der Waals surface area contributed by atoms with Gasteiger partial charge in [-0.05, 0) is 38.5 Å². The van der Waals surface area contributed by atoms with Gasteiger partial charge < -0.3 is 15.5 Å². The number of aliphatic hydroxyl groups is 2. The van der Waals surface area contributed by atoms with Crippen molar-refractivity contribution in [2.75, 3.05) is 6.61 Å². The molecule has 58 heavy (non-hydrogen) atoms. The molecule has 0 aromatic heterocycles. The molecule has 0 aliphatic carbocycles. The van der Waals surface area contributed by atoms with E-state index in [2.05, 4.69) is 31.3 Å². The van der Waals surface area contributed by atoms with E-state index in [4.69, 9.17) is 0 Å². The van der Waals surface area contributed by atoms with E-state index >= 15 is 0 Å². The molecule has 0 saturated heterocycles. The number of aliphatic hydroxyl groups excluding tert-OH is 2. The molecule has 0 aliphatic heterocycles. The van der Waals surface area contributed by atoms with Crippen LogP contribution in [0.5, 0.6) is 0 Å². The van der Waals surface area contributed by atoms with E-state index in [1.807, 2.05) is 0 Å². The summed E-state index contributed by atoms with van der Waals surface area (Å²) in [4.78, 5) is 12.5. The van der Waals surface area contributed by atoms with Crippen molar-refractivity contribution >= 4 is 5.91 Å². The van der Waals surface area contributed by atoms with E-state index in [1.165, 1.54) is 257 Å². The number of carbonyl (C=O) groups excluding carboxylic acids is 1. The Labute approximate surface area is 365 Å². The monoisotopic (exact) mass is 818 g/mol. The van der Waals surface area contributed by atoms with Crippen LogP contribution in [0.25, 0.3) is 0 Å². The third-order valence-electron chi connectivity index (χ3n) is 12.8. The Hall–Kier alpha value is -0.870. The number of amides is 1. The molecule has 0 spiro atoms. The fraction of sp³-hybridized carbons (Fsp3) is 0.944. The first-order valence-electron chi connectivity index (χ1n) is 26.9. The molecule has 0 radical (unpaired) electrons. The lowest BCUT2D eigenvalue weighted by Gasteiger charge is -2.22. The number of allylic oxidation sites excluding steroid dienone is 2. The van der Waals surface area contributed by atoms with Gasteiger partial charge in [-0.15, -0.1) is 0 Å². The Morgan fingerprint density at radius 3 is 0.948 bits per heavy atom. The summed E-state index contributed by atoms with van der Waals surface area (Å²) in [7, 11) is 0. The van der Waals surface area contributed by atoms with Crippen LogP contribution in [0.3, 0.4) is 0 Å². The molecule has 4 heteroatoms. The smallest absolute Gasteiger partial charge is 0.220 e. The van der Waals surface area contributed by atoms with E-state index in [9.17, 15) is 15.0 Å². The van der Waals surface area contributed by atoms with Crippen molar-refractivity contribution in [2.24, 2.45) is 0 Å². The molecule has 0 fully saturated rings. The minimum absolute atomic E-state index is 0.0258. The van der Waals surface area contributed by atoms with Crippen molar-refractivity contribution in [3.8, 4) is 0 Å². The van der Waals surface area contributed by atoms with Gasteiger partial charge in [-0.3, -0.25) is 4.79 Å². The Balaban J connectivity index is 3.41. The molecule has 2 unspecified atom stereocenters. The minimum atomic E-state index is -0.656. The quantitative estimate of drug-likeness (QED) is 0.0423. The Bertz CT molecular complexity index is 799. The minimum Gasteiger partial charge on any atom is -0.394 e. The maximum absolute atomic E-state index is 12.5. The van der Waals surface area contributed by atoms with Gasteiger partial charge in [-0.25, -0.2) is 0 Å². The number of carbonyl (C=O) groups is 1. The molecule has 2 atom stereocenters. The highest BCUT2D eigenvalue weighted by molar-refractivity contribution is 5.76. The predicted octanol–water partition coefficient (Wildman–Crippen LogP) is 17.4. The number of hydrogen-bond acceptors (Lipinski definition) is 3. The molecule has 0 bridgehead atoms. The summed E-state index contributed by atoms with van der Waals surface area (Å²) in [6.07, 6.45) is 64.8. The number of rotatable bonds is 50. The number of hydrogen-bond donors (Lipinski definition) is 3. The third-order valence-corrected chi connectivity index (χ3v) is 12.8. The molecular formula is C54H107NO3. The standard InChI is InChI=1S/C54H107NO3/c1-3-5-7-9-11-13-15-17-19-21-22-23-24-25-26-27-28-29-30-31-32-33-34-36-38-40-42-44-46-48-50-54(58)55-52(51-56)53(57)49-47-45-43-41-39-37-35-20-18-16-14-12-10-8-6-4-2/h25-26,52-53,56-57H,3-24,27-51H2,1-2H3,(H,55,58)/b26-25-. The maximum atomic E-state index is 12.5. The van der Waals surface area contributed by atoms with Crippen LogP contribution in [-0.2, 0) is 4.79 Å². The summed E-state index contributed by atoms with van der Waals surface area (Å²) in [6, 6.07) is -0.533. The summed E-state index contributed by atoms with van der Waals surface area (Å²) >= 11 is 0. The first-order chi connectivity index (χ1) is 28.7. The first kappa shape index (κ1) is 57.1. The highest BCUT2D eigenvalue weighted by Crippen LogP contribution is 2.17. The zero-order chi connectivity index (χ0) is 42.1. The van der Waals surface area contributed by atoms with Gasteiger partial charge in [0.1, 0.15) is 0 Å². The summed E-state index contributed by atoms with van der Waals surface area (Å²) in [5.41, 5.74) is 0. The van der Waals surface area contributed by atoms with Gasteiger partial charge in [0.2, 0.25) is 5.91 Å². The lowest BCUT2D eigenvalue weighted by molar-refractivity contribution is -0.123. The van der Waals surface area contributed by atoms with Gasteiger partial charge in [0.05, 0.1) is 18.8 Å². The van der Waals surface area contributed by atoms with Crippen LogP contribution in [0.15, 0.2) is 12.2 Å². The second-order valence-electron chi connectivity index (χ2n) is 18.7. The zero-order valence-electron chi connectivity index (χ0n) is 39.8. The summed E-state index contributed by atoms with van der Waals surface area (Å²) in [5, 5.41) is 23.3. The Kier molecular flexibility index (Phi) is 49.7. The average molecular weight is 818 g/mol. The summed E-state index contributed by atoms with van der Waals surface area (Å²) < 4.78 is 0. The van der Waals surface area contributed by atoms with Crippen LogP contribution in [-0.4, -0.2) is 34.9 Å². The van der Waals surface area contributed by atoms with E-state index in [0.717, 1.165) is 25.7 Å². The molecule has 0 saturated carbocycles. The summed E-state index contributed by atoms with van der Waals surface area (Å²) in [5.74, 6) is -0.0258. The third kappa shape index (κ3) is 46.2. The lowest BCUT2D eigenvalue weighted by atomic mass is 10.0. The molecule has 0 rings (SSSR count). The molecule has 3 N–H and O–H groups in total. The molecule has 0 aliphatic rings. The van der Waals surface area contributed by atoms with E-state index in [1.54, 1.807) is 0 Å². The van der Waals surface area contributed by atoms with E-state index in [-0.39, 0.29) is 12.5 Å². The van der Waals surface area contributed by atoms with Crippen molar-refractivity contribution in [2.45, 2.75) is 321 Å². The zero-order valence-corrected chi connectivity index (χ0v) is 39.8. The highest BCUT2D eigenvalue weighted by Gasteiger charge is 2.20. The molecule has 0 aromatic carbocycles. The molecule has 4 nitrogen and oxygen atoms in total. The predicted molar refractivity (Wildman–Crippen MR) is 258 cm³/mol. The van der Waals surface area contributed by atoms with Gasteiger partial charge in [0.15, 0.2) is 0 Å². The van der Waals surface area contributed by atoms with Gasteiger partial charge in [0.25, 0.3) is 0 Å². The van der Waals surface area contributed by atoms with Crippen molar-refractivity contribution in [1.82, 2.24) is 5.32 Å². The van der Waals surface area contributed by atoms with Gasteiger partial charge >= 0.3 is 0 Å². The Morgan fingerprint density at radius 1 is 0.397 bits per heavy atom. The van der Waals surface area contributed by atoms with Crippen molar-refractivity contribution in [1.29, 1.82) is 0 Å². The molecule has 0 aromatic rings. The van der Waals surface area contributed by atoms with Crippen LogP contribution in [0.4, 0.5) is 0 Å². The van der Waals surface area contributed by atoms with Crippen LogP contribution < -0.4 is 5.32 Å². The van der Waals surface area contributed by atoms with E-state index in [0.29, 0.717) is 12.8 Å². The van der Waals surface area contributed by atoms with Crippen LogP contribution in [0.1, 0.15) is 309 Å². The first-order valence-corrected chi connectivity index (χ1v) is 26.9. The van der Waals surface area contributed by atoms with Crippen molar-refractivity contribution in [3.05, 3.63) is 12.2 Å². The fourth-order valence-electron chi connectivity index (χ4n) is 8.65. The van der Waals surface area contributed by atoms with Crippen LogP contribution >= 0.6 is 0 Å². The van der Waals surface area contributed by atoms with E-state index < -0.39 is 12.1 Å². The highest BCUT2D eigenvalue weighted by atomic mass is 16.3. The second kappa shape index (κ2) is 50.5. The largest absolute Gasteiger partial charge is 0.394 e. The maximum Gasteiger partial charge on any atom is 0.220 e. The SMILES string of the molecule is CCCCCCCCCCCCCC/C=C\CCCCCCCCCCCCCCCCC(=O)NC(CO)C(O)CCCCCCCCCCCCCCCCCC. The van der Waals surface area contributed by atoms with Gasteiger partial charge in [-0.1, -0.05) is 276 Å².